The molecule has 3 nitrogen and oxygen atoms in total. The zero-order valence-electron chi connectivity index (χ0n) is 16.0. The van der Waals surface area contributed by atoms with Crippen molar-refractivity contribution in [2.24, 2.45) is 0 Å². The number of benzene rings is 2. The summed E-state index contributed by atoms with van der Waals surface area (Å²) in [5.74, 6) is 0.754. The van der Waals surface area contributed by atoms with Crippen LogP contribution in [0.4, 0.5) is 5.69 Å². The fourth-order valence-corrected chi connectivity index (χ4v) is 3.46. The van der Waals surface area contributed by atoms with Gasteiger partial charge in [0.25, 0.3) is 5.91 Å². The number of aryl methyl sites for hydroxylation is 1. The van der Waals surface area contributed by atoms with Crippen LogP contribution in [0.2, 0.25) is 0 Å². The van der Waals surface area contributed by atoms with Crippen molar-refractivity contribution in [3.63, 3.8) is 0 Å². The summed E-state index contributed by atoms with van der Waals surface area (Å²) in [6, 6.07) is 14.0. The van der Waals surface area contributed by atoms with Gasteiger partial charge in [0.2, 0.25) is 0 Å². The molecule has 0 aliphatic carbocycles. The van der Waals surface area contributed by atoms with Gasteiger partial charge >= 0.3 is 0 Å². The van der Waals surface area contributed by atoms with Gasteiger partial charge in [-0.05, 0) is 63.1 Å². The van der Waals surface area contributed by atoms with Crippen LogP contribution in [0.5, 0.6) is 5.75 Å². The van der Waals surface area contributed by atoms with Crippen LogP contribution < -0.4 is 9.64 Å². The molecule has 0 spiro atoms. The van der Waals surface area contributed by atoms with Crippen molar-refractivity contribution in [3.05, 3.63) is 71.3 Å². The summed E-state index contributed by atoms with van der Waals surface area (Å²) >= 11 is 0. The molecule has 0 fully saturated rings. The molecule has 134 valence electrons. The summed E-state index contributed by atoms with van der Waals surface area (Å²) in [6.07, 6.45) is 5.65. The van der Waals surface area contributed by atoms with Gasteiger partial charge in [-0.1, -0.05) is 35.9 Å². The molecule has 0 N–H and O–H groups in total. The highest BCUT2D eigenvalue weighted by Gasteiger charge is 2.34. The molecular formula is C23H25NO2. The molecule has 0 radical (unpaired) electrons. The van der Waals surface area contributed by atoms with Gasteiger partial charge < -0.3 is 4.74 Å². The van der Waals surface area contributed by atoms with E-state index >= 15 is 0 Å². The van der Waals surface area contributed by atoms with E-state index in [1.807, 2.05) is 53.4 Å². The first kappa shape index (κ1) is 18.0. The number of amides is 1. The second-order valence-corrected chi connectivity index (χ2v) is 7.28. The fourth-order valence-electron chi connectivity index (χ4n) is 3.46. The maximum Gasteiger partial charge on any atom is 0.251 e. The minimum atomic E-state index is -0.402. The summed E-state index contributed by atoms with van der Waals surface area (Å²) in [4.78, 5) is 14.9. The van der Waals surface area contributed by atoms with Gasteiger partial charge in [-0.3, -0.25) is 9.69 Å². The number of hydrogen-bond acceptors (Lipinski definition) is 2. The Kier molecular flexibility index (Phi) is 4.73. The fraction of sp³-hybridized carbons (Fsp3) is 0.261. The number of carbonyl (C=O) groups is 1. The number of nitrogens with zero attached hydrogens (tertiary/aromatic N) is 1. The quantitative estimate of drug-likeness (QED) is 0.710. The molecule has 1 aliphatic rings. The molecule has 0 saturated heterocycles. The topological polar surface area (TPSA) is 29.5 Å². The van der Waals surface area contributed by atoms with Crippen molar-refractivity contribution in [3.8, 4) is 5.75 Å². The lowest BCUT2D eigenvalue weighted by atomic mass is 9.88. The number of methoxy groups -OCH3 is 1. The largest absolute Gasteiger partial charge is 0.497 e. The molecule has 26 heavy (non-hydrogen) atoms. The van der Waals surface area contributed by atoms with Crippen molar-refractivity contribution in [1.82, 2.24) is 0 Å². The molecule has 0 saturated carbocycles. The summed E-state index contributed by atoms with van der Waals surface area (Å²) in [6.45, 7) is 8.24. The Labute approximate surface area is 155 Å². The average Bonchev–Trinajstić information content (AvgIpc) is 2.60. The van der Waals surface area contributed by atoms with Gasteiger partial charge in [0, 0.05) is 11.6 Å². The summed E-state index contributed by atoms with van der Waals surface area (Å²) in [7, 11) is 1.65. The van der Waals surface area contributed by atoms with E-state index in [4.69, 9.17) is 4.74 Å². The third kappa shape index (κ3) is 3.43. The van der Waals surface area contributed by atoms with E-state index in [0.29, 0.717) is 0 Å². The highest BCUT2D eigenvalue weighted by Crippen LogP contribution is 2.40. The Bertz CT molecular complexity index is 889. The van der Waals surface area contributed by atoms with E-state index in [0.717, 1.165) is 28.1 Å². The lowest BCUT2D eigenvalue weighted by Gasteiger charge is -2.41. The molecule has 0 bridgehead atoms. The molecule has 2 aromatic carbocycles. The van der Waals surface area contributed by atoms with Crippen LogP contribution in [0, 0.1) is 6.92 Å². The van der Waals surface area contributed by atoms with Crippen LogP contribution in [0.25, 0.3) is 11.6 Å². The lowest BCUT2D eigenvalue weighted by molar-refractivity contribution is -0.114. The lowest BCUT2D eigenvalue weighted by Crippen LogP contribution is -2.48. The standard InChI is InChI=1S/C23H25NO2/c1-16-6-8-18(9-7-16)10-13-22(25)24-21-12-11-19(26-5)14-20(21)17(2)15-23(24,3)4/h6-15H,1-5H3/b13-10+. The van der Waals surface area contributed by atoms with Crippen molar-refractivity contribution >= 4 is 23.2 Å². The number of ether oxygens (including phenoxy) is 1. The van der Waals surface area contributed by atoms with Crippen LogP contribution in [-0.2, 0) is 4.79 Å². The van der Waals surface area contributed by atoms with Crippen molar-refractivity contribution in [1.29, 1.82) is 0 Å². The van der Waals surface area contributed by atoms with Gasteiger partial charge in [0.05, 0.1) is 18.3 Å². The van der Waals surface area contributed by atoms with Gasteiger partial charge in [-0.25, -0.2) is 0 Å². The van der Waals surface area contributed by atoms with Crippen LogP contribution in [0.1, 0.15) is 37.5 Å². The molecule has 1 amide bonds. The Hall–Kier alpha value is -2.81. The second-order valence-electron chi connectivity index (χ2n) is 7.28. The molecule has 2 aromatic rings. The minimum Gasteiger partial charge on any atom is -0.497 e. The van der Waals surface area contributed by atoms with E-state index < -0.39 is 5.54 Å². The molecule has 1 aliphatic heterocycles. The number of anilines is 1. The maximum absolute atomic E-state index is 13.1. The number of fused-ring (bicyclic) bond motifs is 1. The van der Waals surface area contributed by atoms with Crippen LogP contribution in [-0.4, -0.2) is 18.6 Å². The summed E-state index contributed by atoms with van der Waals surface area (Å²) in [5.41, 5.74) is 4.90. The molecule has 3 heteroatoms. The van der Waals surface area contributed by atoms with E-state index in [2.05, 4.69) is 33.8 Å². The number of rotatable bonds is 3. The monoisotopic (exact) mass is 347 g/mol. The molecule has 3 rings (SSSR count). The minimum absolute atomic E-state index is 0.0364. The van der Waals surface area contributed by atoms with Crippen molar-refractivity contribution in [2.45, 2.75) is 33.2 Å². The van der Waals surface area contributed by atoms with Gasteiger partial charge in [-0.2, -0.15) is 0 Å². The normalized spacial score (nSPS) is 15.6. The highest BCUT2D eigenvalue weighted by molar-refractivity contribution is 6.08. The van der Waals surface area contributed by atoms with Crippen LogP contribution >= 0.6 is 0 Å². The van der Waals surface area contributed by atoms with Crippen molar-refractivity contribution < 1.29 is 9.53 Å². The predicted molar refractivity (Wildman–Crippen MR) is 108 cm³/mol. The Morgan fingerprint density at radius 1 is 1.08 bits per heavy atom. The van der Waals surface area contributed by atoms with E-state index in [-0.39, 0.29) is 5.91 Å². The number of allylic oxidation sites excluding steroid dienone is 1. The molecular weight excluding hydrogens is 322 g/mol. The second kappa shape index (κ2) is 6.83. The Balaban J connectivity index is 1.97. The van der Waals surface area contributed by atoms with Crippen LogP contribution in [0.3, 0.4) is 0 Å². The first-order valence-electron chi connectivity index (χ1n) is 8.78. The smallest absolute Gasteiger partial charge is 0.251 e. The molecule has 1 heterocycles. The zero-order valence-corrected chi connectivity index (χ0v) is 16.0. The van der Waals surface area contributed by atoms with E-state index in [9.17, 15) is 4.79 Å². The zero-order chi connectivity index (χ0) is 18.9. The SMILES string of the molecule is COc1ccc2c(c1)C(C)=CC(C)(C)N2C(=O)/C=C/c1ccc(C)cc1. The summed E-state index contributed by atoms with van der Waals surface area (Å²) < 4.78 is 5.35. The Morgan fingerprint density at radius 2 is 1.77 bits per heavy atom. The van der Waals surface area contributed by atoms with Crippen LogP contribution in [0.15, 0.2) is 54.6 Å². The molecule has 0 atom stereocenters. The maximum atomic E-state index is 13.1. The third-order valence-electron chi connectivity index (χ3n) is 4.73. The number of hydrogen-bond donors (Lipinski definition) is 0. The van der Waals surface area contributed by atoms with Gasteiger partial charge in [0.15, 0.2) is 0 Å². The van der Waals surface area contributed by atoms with E-state index in [1.54, 1.807) is 13.2 Å². The number of carbonyl (C=O) groups excluding carboxylic acids is 1. The first-order valence-corrected chi connectivity index (χ1v) is 8.78. The third-order valence-corrected chi connectivity index (χ3v) is 4.73. The van der Waals surface area contributed by atoms with E-state index in [1.165, 1.54) is 5.56 Å². The summed E-state index contributed by atoms with van der Waals surface area (Å²) in [5, 5.41) is 0. The van der Waals surface area contributed by atoms with Crippen molar-refractivity contribution in [2.75, 3.05) is 12.0 Å². The molecule has 0 aromatic heterocycles. The Morgan fingerprint density at radius 3 is 2.42 bits per heavy atom. The van der Waals surface area contributed by atoms with Gasteiger partial charge in [0.1, 0.15) is 5.75 Å². The first-order chi connectivity index (χ1) is 12.3. The van der Waals surface area contributed by atoms with Gasteiger partial charge in [-0.15, -0.1) is 0 Å². The highest BCUT2D eigenvalue weighted by atomic mass is 16.5. The predicted octanol–water partition coefficient (Wildman–Crippen LogP) is 5.25. The molecule has 0 unspecified atom stereocenters. The average molecular weight is 347 g/mol.